The molecule has 2 aromatic carbocycles. The van der Waals surface area contributed by atoms with Crippen LogP contribution in [0.25, 0.3) is 17.1 Å². The predicted molar refractivity (Wildman–Crippen MR) is 112 cm³/mol. The van der Waals surface area contributed by atoms with E-state index in [1.807, 2.05) is 43.0 Å². The fourth-order valence-corrected chi connectivity index (χ4v) is 3.29. The maximum absolute atomic E-state index is 14.4. The Labute approximate surface area is 174 Å². The van der Waals surface area contributed by atoms with Crippen LogP contribution in [0.4, 0.5) is 4.39 Å². The average molecular weight is 406 g/mol. The molecule has 30 heavy (non-hydrogen) atoms. The summed E-state index contributed by atoms with van der Waals surface area (Å²) in [6, 6.07) is 14.8. The molecule has 0 fully saturated rings. The van der Waals surface area contributed by atoms with E-state index in [1.54, 1.807) is 18.3 Å². The normalized spacial score (nSPS) is 11.2. The topological polar surface area (TPSA) is 56.3 Å². The van der Waals surface area contributed by atoms with Gasteiger partial charge in [0.25, 0.3) is 0 Å². The zero-order valence-corrected chi connectivity index (χ0v) is 17.2. The molecule has 0 amide bonds. The Hall–Kier alpha value is -3.45. The summed E-state index contributed by atoms with van der Waals surface area (Å²) < 4.78 is 27.0. The maximum atomic E-state index is 14.4. The molecule has 4 rings (SSSR count). The number of nitrogens with zero attached hydrogens (tertiary/aromatic N) is 4. The Kier molecular flexibility index (Phi) is 5.63. The second-order valence-corrected chi connectivity index (χ2v) is 7.16. The SMILES string of the molecule is COc1ccc(-c2nc(CN(C)Cc3ccc(-n4cccn4)cc3)c(C)o2)c(F)c1. The molecule has 154 valence electrons. The molecular weight excluding hydrogens is 383 g/mol. The van der Waals surface area contributed by atoms with Crippen LogP contribution in [0.1, 0.15) is 17.0 Å². The van der Waals surface area contributed by atoms with Crippen molar-refractivity contribution in [2.75, 3.05) is 14.2 Å². The van der Waals surface area contributed by atoms with Crippen molar-refractivity contribution in [2.45, 2.75) is 20.0 Å². The third-order valence-corrected chi connectivity index (χ3v) is 4.88. The Bertz CT molecular complexity index is 1120. The van der Waals surface area contributed by atoms with E-state index in [4.69, 9.17) is 9.15 Å². The zero-order valence-electron chi connectivity index (χ0n) is 17.2. The van der Waals surface area contributed by atoms with Crippen LogP contribution in [0.2, 0.25) is 0 Å². The van der Waals surface area contributed by atoms with Crippen LogP contribution in [0, 0.1) is 12.7 Å². The molecule has 0 saturated carbocycles. The van der Waals surface area contributed by atoms with Gasteiger partial charge < -0.3 is 9.15 Å². The largest absolute Gasteiger partial charge is 0.497 e. The van der Waals surface area contributed by atoms with Crippen molar-refractivity contribution in [3.8, 4) is 22.9 Å². The highest BCUT2D eigenvalue weighted by Crippen LogP contribution is 2.27. The summed E-state index contributed by atoms with van der Waals surface area (Å²) in [7, 11) is 3.52. The van der Waals surface area contributed by atoms with Crippen LogP contribution in [-0.4, -0.2) is 33.8 Å². The van der Waals surface area contributed by atoms with Crippen molar-refractivity contribution in [1.82, 2.24) is 19.7 Å². The van der Waals surface area contributed by atoms with Crippen LogP contribution in [-0.2, 0) is 13.1 Å². The second kappa shape index (κ2) is 8.51. The third kappa shape index (κ3) is 4.26. The molecule has 7 heteroatoms. The Morgan fingerprint density at radius 3 is 2.60 bits per heavy atom. The van der Waals surface area contributed by atoms with Gasteiger partial charge in [0, 0.05) is 31.5 Å². The van der Waals surface area contributed by atoms with Gasteiger partial charge in [-0.3, -0.25) is 4.90 Å². The van der Waals surface area contributed by atoms with Crippen molar-refractivity contribution < 1.29 is 13.5 Å². The number of ether oxygens (including phenoxy) is 1. The number of oxazole rings is 1. The van der Waals surface area contributed by atoms with E-state index in [-0.39, 0.29) is 5.89 Å². The average Bonchev–Trinajstić information content (AvgIpc) is 3.39. The summed E-state index contributed by atoms with van der Waals surface area (Å²) in [6.07, 6.45) is 3.67. The molecule has 0 aliphatic heterocycles. The molecule has 0 N–H and O–H groups in total. The van der Waals surface area contributed by atoms with Crippen LogP contribution in [0.3, 0.4) is 0 Å². The van der Waals surface area contributed by atoms with Gasteiger partial charge in [-0.25, -0.2) is 14.1 Å². The van der Waals surface area contributed by atoms with Crippen LogP contribution in [0.15, 0.2) is 65.3 Å². The van der Waals surface area contributed by atoms with Crippen molar-refractivity contribution in [3.05, 3.63) is 83.8 Å². The maximum Gasteiger partial charge on any atom is 0.229 e. The van der Waals surface area contributed by atoms with Crippen molar-refractivity contribution in [2.24, 2.45) is 0 Å². The van der Waals surface area contributed by atoms with E-state index in [0.717, 1.165) is 17.9 Å². The van der Waals surface area contributed by atoms with Crippen LogP contribution >= 0.6 is 0 Å². The van der Waals surface area contributed by atoms with Gasteiger partial charge in [-0.15, -0.1) is 0 Å². The minimum atomic E-state index is -0.423. The molecule has 0 atom stereocenters. The van der Waals surface area contributed by atoms with Crippen molar-refractivity contribution in [3.63, 3.8) is 0 Å². The summed E-state index contributed by atoms with van der Waals surface area (Å²) in [4.78, 5) is 6.67. The van der Waals surface area contributed by atoms with E-state index >= 15 is 0 Å². The van der Waals surface area contributed by atoms with E-state index in [2.05, 4.69) is 27.1 Å². The van der Waals surface area contributed by atoms with E-state index < -0.39 is 5.82 Å². The Morgan fingerprint density at radius 1 is 1.13 bits per heavy atom. The summed E-state index contributed by atoms with van der Waals surface area (Å²) in [6.45, 7) is 3.19. The van der Waals surface area contributed by atoms with Crippen molar-refractivity contribution in [1.29, 1.82) is 0 Å². The minimum absolute atomic E-state index is 0.277. The first-order valence-electron chi connectivity index (χ1n) is 9.61. The standard InChI is InChI=1S/C23H23FN4O2/c1-16-22(26-23(30-16)20-10-9-19(29-3)13-21(20)24)15-27(2)14-17-5-7-18(8-6-17)28-12-4-11-25-28/h4-13H,14-15H2,1-3H3. The van der Waals surface area contributed by atoms with E-state index in [1.165, 1.54) is 18.7 Å². The Morgan fingerprint density at radius 2 is 1.93 bits per heavy atom. The number of halogens is 1. The van der Waals surface area contributed by atoms with Gasteiger partial charge >= 0.3 is 0 Å². The predicted octanol–water partition coefficient (Wildman–Crippen LogP) is 4.62. The smallest absolute Gasteiger partial charge is 0.229 e. The second-order valence-electron chi connectivity index (χ2n) is 7.16. The minimum Gasteiger partial charge on any atom is -0.497 e. The molecule has 4 aromatic rings. The lowest BCUT2D eigenvalue weighted by Crippen LogP contribution is -2.18. The highest BCUT2D eigenvalue weighted by molar-refractivity contribution is 5.56. The quantitative estimate of drug-likeness (QED) is 0.448. The summed E-state index contributed by atoms with van der Waals surface area (Å²) in [5.41, 5.74) is 3.30. The Balaban J connectivity index is 1.44. The zero-order chi connectivity index (χ0) is 21.1. The number of aryl methyl sites for hydroxylation is 1. The first-order valence-corrected chi connectivity index (χ1v) is 9.61. The fraction of sp³-hybridized carbons (Fsp3) is 0.217. The molecule has 0 unspecified atom stereocenters. The lowest BCUT2D eigenvalue weighted by molar-refractivity contribution is 0.313. The van der Waals surface area contributed by atoms with E-state index in [0.29, 0.717) is 23.6 Å². The first kappa shape index (κ1) is 19.8. The van der Waals surface area contributed by atoms with Gasteiger partial charge in [-0.1, -0.05) is 12.1 Å². The van der Waals surface area contributed by atoms with Gasteiger partial charge in [-0.2, -0.15) is 5.10 Å². The first-order chi connectivity index (χ1) is 14.5. The third-order valence-electron chi connectivity index (χ3n) is 4.88. The number of methoxy groups -OCH3 is 1. The van der Waals surface area contributed by atoms with Gasteiger partial charge in [0.2, 0.25) is 5.89 Å². The highest BCUT2D eigenvalue weighted by Gasteiger charge is 2.17. The van der Waals surface area contributed by atoms with Crippen molar-refractivity contribution >= 4 is 0 Å². The number of aromatic nitrogens is 3. The monoisotopic (exact) mass is 406 g/mol. The molecule has 2 heterocycles. The molecule has 0 spiro atoms. The lowest BCUT2D eigenvalue weighted by Gasteiger charge is -2.15. The molecule has 6 nitrogen and oxygen atoms in total. The summed E-state index contributed by atoms with van der Waals surface area (Å²) in [5.74, 6) is 0.992. The lowest BCUT2D eigenvalue weighted by atomic mass is 10.2. The molecule has 2 aromatic heterocycles. The number of hydrogen-bond donors (Lipinski definition) is 0. The van der Waals surface area contributed by atoms with Crippen LogP contribution < -0.4 is 4.74 Å². The molecule has 0 radical (unpaired) electrons. The summed E-state index contributed by atoms with van der Waals surface area (Å²) >= 11 is 0. The van der Waals surface area contributed by atoms with Gasteiger partial charge in [0.05, 0.1) is 24.1 Å². The summed E-state index contributed by atoms with van der Waals surface area (Å²) in [5, 5.41) is 4.24. The molecule has 0 aliphatic rings. The molecule has 0 aliphatic carbocycles. The molecule has 0 bridgehead atoms. The van der Waals surface area contributed by atoms with E-state index in [9.17, 15) is 4.39 Å². The van der Waals surface area contributed by atoms with Gasteiger partial charge in [-0.05, 0) is 49.9 Å². The number of benzene rings is 2. The number of rotatable bonds is 7. The number of hydrogen-bond acceptors (Lipinski definition) is 5. The molecular formula is C23H23FN4O2. The highest BCUT2D eigenvalue weighted by atomic mass is 19.1. The van der Waals surface area contributed by atoms with Crippen LogP contribution in [0.5, 0.6) is 5.75 Å². The van der Waals surface area contributed by atoms with Gasteiger partial charge in [0.1, 0.15) is 17.3 Å². The fourth-order valence-electron chi connectivity index (χ4n) is 3.29. The molecule has 0 saturated heterocycles. The van der Waals surface area contributed by atoms with Gasteiger partial charge in [0.15, 0.2) is 0 Å².